The maximum atomic E-state index is 12.9. The Morgan fingerprint density at radius 2 is 1.64 bits per heavy atom. The van der Waals surface area contributed by atoms with Crippen LogP contribution in [0.2, 0.25) is 0 Å². The van der Waals surface area contributed by atoms with Gasteiger partial charge in [0, 0.05) is 11.8 Å². The summed E-state index contributed by atoms with van der Waals surface area (Å²) in [5, 5.41) is 0. The van der Waals surface area contributed by atoms with E-state index in [0.717, 1.165) is 53.9 Å². The molecule has 4 fully saturated rings. The van der Waals surface area contributed by atoms with E-state index in [1.807, 2.05) is 30.3 Å². The molecule has 9 atom stereocenters. The highest BCUT2D eigenvalue weighted by molar-refractivity contribution is 5.87. The zero-order valence-corrected chi connectivity index (χ0v) is 29.7. The summed E-state index contributed by atoms with van der Waals surface area (Å²) in [7, 11) is 0. The Labute approximate surface area is 284 Å². The molecule has 2 aromatic carbocycles. The lowest BCUT2D eigenvalue weighted by Crippen LogP contribution is -2.54. The lowest BCUT2D eigenvalue weighted by atomic mass is 9.44. The van der Waals surface area contributed by atoms with Gasteiger partial charge in [0.15, 0.2) is 0 Å². The van der Waals surface area contributed by atoms with E-state index in [0.29, 0.717) is 39.6 Å². The Hall–Kier alpha value is -2.95. The number of carbonyl (C=O) groups is 1. The molecule has 0 saturated heterocycles. The minimum Gasteiger partial charge on any atom is -0.459 e. The van der Waals surface area contributed by atoms with Crippen molar-refractivity contribution < 1.29 is 14.3 Å². The number of ether oxygens (including phenoxy) is 2. The number of hydrogen-bond donors (Lipinski definition) is 2. The molecule has 0 aromatic heterocycles. The molecule has 0 amide bonds. The van der Waals surface area contributed by atoms with Crippen LogP contribution in [0.5, 0.6) is 11.5 Å². The van der Waals surface area contributed by atoms with Gasteiger partial charge in [0.1, 0.15) is 17.6 Å². The van der Waals surface area contributed by atoms with Gasteiger partial charge in [-0.3, -0.25) is 0 Å². The lowest BCUT2D eigenvalue weighted by molar-refractivity contribution is -0.157. The first-order valence-corrected chi connectivity index (χ1v) is 18.8. The first kappa shape index (κ1) is 33.9. The van der Waals surface area contributed by atoms with Gasteiger partial charge in [-0.2, -0.15) is 0 Å². The van der Waals surface area contributed by atoms with Crippen LogP contribution in [0, 0.1) is 52.3 Å². The molecule has 0 bridgehead atoms. The Bertz CT molecular complexity index is 1420. The summed E-state index contributed by atoms with van der Waals surface area (Å²) in [6, 6.07) is 12.8. The summed E-state index contributed by atoms with van der Waals surface area (Å²) >= 11 is 0. The van der Waals surface area contributed by atoms with Crippen LogP contribution in [0.1, 0.15) is 117 Å². The van der Waals surface area contributed by atoms with Crippen LogP contribution in [0.25, 0.3) is 6.08 Å². The zero-order chi connectivity index (χ0) is 33.3. The fraction of sp³-hybridized carbons (Fsp3) is 0.643. The highest BCUT2D eigenvalue weighted by Gasteiger charge is 2.60. The van der Waals surface area contributed by atoms with Crippen molar-refractivity contribution >= 4 is 23.4 Å². The van der Waals surface area contributed by atoms with Gasteiger partial charge in [-0.15, -0.1) is 0 Å². The number of hydrogen-bond acceptors (Lipinski definition) is 5. The third kappa shape index (κ3) is 7.10. The van der Waals surface area contributed by atoms with Gasteiger partial charge in [-0.25, -0.2) is 4.79 Å². The van der Waals surface area contributed by atoms with Crippen molar-refractivity contribution in [1.82, 2.24) is 0 Å². The summed E-state index contributed by atoms with van der Waals surface area (Å²) < 4.78 is 12.0. The molecule has 5 heteroatoms. The van der Waals surface area contributed by atoms with Gasteiger partial charge in [0.05, 0.1) is 5.69 Å². The highest BCUT2D eigenvalue weighted by atomic mass is 16.5. The monoisotopic (exact) mass is 640 g/mol. The smallest absolute Gasteiger partial charge is 0.331 e. The SMILES string of the molecule is CC(C)CCC[C@@H](C)[C@H]1CC[C@H]2[C@@H]3CCC4CC(OC(=O)C=Cc5ccc(Oc6ccc(N)cc6N)cc5)CC[C@]4(C)[C@H]3CC[C@]12C. The fourth-order valence-corrected chi connectivity index (χ4v) is 11.2. The molecule has 256 valence electrons. The third-order valence-electron chi connectivity index (χ3n) is 13.7. The maximum absolute atomic E-state index is 12.9. The molecule has 4 aliphatic carbocycles. The molecular weight excluding hydrogens is 580 g/mol. The number of carbonyl (C=O) groups excluding carboxylic acids is 1. The molecule has 4 N–H and O–H groups in total. The Balaban J connectivity index is 1.01. The van der Waals surface area contributed by atoms with E-state index in [1.54, 1.807) is 24.3 Å². The van der Waals surface area contributed by atoms with Crippen LogP contribution >= 0.6 is 0 Å². The van der Waals surface area contributed by atoms with Gasteiger partial charge in [0.25, 0.3) is 0 Å². The second kappa shape index (κ2) is 13.9. The fourth-order valence-electron chi connectivity index (χ4n) is 11.2. The van der Waals surface area contributed by atoms with Crippen molar-refractivity contribution in [2.24, 2.45) is 52.3 Å². The number of anilines is 2. The summed E-state index contributed by atoms with van der Waals surface area (Å²) in [5.41, 5.74) is 14.7. The van der Waals surface area contributed by atoms with Crippen LogP contribution in [-0.4, -0.2) is 12.1 Å². The number of esters is 1. The molecule has 6 rings (SSSR count). The van der Waals surface area contributed by atoms with Gasteiger partial charge < -0.3 is 20.9 Å². The molecule has 4 saturated carbocycles. The highest BCUT2D eigenvalue weighted by Crippen LogP contribution is 2.68. The van der Waals surface area contributed by atoms with Gasteiger partial charge >= 0.3 is 5.97 Å². The van der Waals surface area contributed by atoms with E-state index in [9.17, 15) is 4.79 Å². The Morgan fingerprint density at radius 3 is 2.38 bits per heavy atom. The van der Waals surface area contributed by atoms with Crippen LogP contribution in [-0.2, 0) is 9.53 Å². The van der Waals surface area contributed by atoms with E-state index in [2.05, 4.69) is 34.6 Å². The van der Waals surface area contributed by atoms with E-state index in [1.165, 1.54) is 64.2 Å². The standard InChI is InChI=1S/C42H60N2O3/c1-27(2)7-6-8-28(3)35-17-18-36-34-16-12-30-25-33(21-23-41(30,4)37(34)22-24-42(35,36)5)47-40(45)20-11-29-9-14-32(15-10-29)46-39-19-13-31(43)26-38(39)44/h9-11,13-15,19-20,26-28,30,33-37H,6-8,12,16-18,21-25,43-44H2,1-5H3/t28-,30?,33?,34+,35-,36+,37+,41+,42-/m1/s1. The van der Waals surface area contributed by atoms with E-state index in [4.69, 9.17) is 20.9 Å². The first-order valence-electron chi connectivity index (χ1n) is 18.8. The van der Waals surface area contributed by atoms with Crippen molar-refractivity contribution in [3.05, 3.63) is 54.1 Å². The van der Waals surface area contributed by atoms with E-state index in [-0.39, 0.29) is 12.1 Å². The van der Waals surface area contributed by atoms with Gasteiger partial charge in [-0.1, -0.05) is 66.0 Å². The second-order valence-electron chi connectivity index (χ2n) is 16.8. The summed E-state index contributed by atoms with van der Waals surface area (Å²) in [6.45, 7) is 12.6. The molecular formula is C42H60N2O3. The third-order valence-corrected chi connectivity index (χ3v) is 13.7. The molecule has 5 nitrogen and oxygen atoms in total. The summed E-state index contributed by atoms with van der Waals surface area (Å²) in [5.74, 6) is 6.90. The van der Waals surface area contributed by atoms with E-state index >= 15 is 0 Å². The minimum atomic E-state index is -0.241. The molecule has 0 spiro atoms. The normalized spacial score (nSPS) is 34.0. The molecule has 0 heterocycles. The minimum absolute atomic E-state index is 0.0272. The first-order chi connectivity index (χ1) is 22.5. The topological polar surface area (TPSA) is 87.6 Å². The van der Waals surface area contributed by atoms with Crippen molar-refractivity contribution in [3.8, 4) is 11.5 Å². The predicted molar refractivity (Wildman–Crippen MR) is 194 cm³/mol. The van der Waals surface area contributed by atoms with Crippen LogP contribution in [0.15, 0.2) is 48.5 Å². The average molecular weight is 641 g/mol. The largest absolute Gasteiger partial charge is 0.459 e. The maximum Gasteiger partial charge on any atom is 0.331 e. The van der Waals surface area contributed by atoms with E-state index < -0.39 is 0 Å². The molecule has 4 aliphatic rings. The van der Waals surface area contributed by atoms with Crippen molar-refractivity contribution in [2.75, 3.05) is 11.5 Å². The number of nitrogen functional groups attached to an aromatic ring is 2. The summed E-state index contributed by atoms with van der Waals surface area (Å²) in [4.78, 5) is 12.9. The van der Waals surface area contributed by atoms with Crippen molar-refractivity contribution in [2.45, 2.75) is 118 Å². The number of nitrogens with two attached hydrogens (primary N) is 2. The number of fused-ring (bicyclic) bond motifs is 5. The number of benzene rings is 2. The molecule has 2 unspecified atom stereocenters. The van der Waals surface area contributed by atoms with Gasteiger partial charge in [-0.05, 0) is 152 Å². The summed E-state index contributed by atoms with van der Waals surface area (Å²) in [6.07, 6.45) is 19.2. The van der Waals surface area contributed by atoms with Crippen molar-refractivity contribution in [3.63, 3.8) is 0 Å². The number of rotatable bonds is 10. The Morgan fingerprint density at radius 1 is 0.894 bits per heavy atom. The Kier molecular flexibility index (Phi) is 10.0. The van der Waals surface area contributed by atoms with Gasteiger partial charge in [0.2, 0.25) is 0 Å². The van der Waals surface area contributed by atoms with Crippen LogP contribution < -0.4 is 16.2 Å². The lowest BCUT2D eigenvalue weighted by Gasteiger charge is -2.61. The zero-order valence-electron chi connectivity index (χ0n) is 29.7. The predicted octanol–water partition coefficient (Wildman–Crippen LogP) is 10.7. The molecule has 2 aromatic rings. The quantitative estimate of drug-likeness (QED) is 0.153. The second-order valence-corrected chi connectivity index (χ2v) is 16.8. The molecule has 47 heavy (non-hydrogen) atoms. The van der Waals surface area contributed by atoms with Crippen molar-refractivity contribution in [1.29, 1.82) is 0 Å². The molecule has 0 radical (unpaired) electrons. The van der Waals surface area contributed by atoms with Crippen LogP contribution in [0.4, 0.5) is 11.4 Å². The molecule has 0 aliphatic heterocycles. The van der Waals surface area contributed by atoms with Crippen LogP contribution in [0.3, 0.4) is 0 Å². The average Bonchev–Trinajstić information content (AvgIpc) is 3.39.